The average Bonchev–Trinajstić information content (AvgIpc) is 2.53. The molecule has 0 aliphatic carbocycles. The van der Waals surface area contributed by atoms with E-state index in [2.05, 4.69) is 0 Å². The molecule has 6 nitrogen and oxygen atoms in total. The van der Waals surface area contributed by atoms with E-state index in [0.717, 1.165) is 5.56 Å². The average molecular weight is 371 g/mol. The van der Waals surface area contributed by atoms with E-state index in [0.29, 0.717) is 16.1 Å². The van der Waals surface area contributed by atoms with Gasteiger partial charge in [0.05, 0.1) is 11.3 Å². The van der Waals surface area contributed by atoms with Crippen LogP contribution >= 0.6 is 24.0 Å². The molecule has 0 spiro atoms. The fourth-order valence-electron chi connectivity index (χ4n) is 2.35. The summed E-state index contributed by atoms with van der Waals surface area (Å²) in [5.74, 6) is -1.28. The van der Waals surface area contributed by atoms with Gasteiger partial charge in [-0.25, -0.2) is 0 Å². The van der Waals surface area contributed by atoms with Gasteiger partial charge in [0.25, 0.3) is 5.69 Å². The molecule has 2 aromatic carbocycles. The Kier molecular flexibility index (Phi) is 7.16. The highest BCUT2D eigenvalue weighted by molar-refractivity contribution is 6.33. The Morgan fingerprint density at radius 1 is 1.29 bits per heavy atom. The number of nitrogens with zero attached hydrogens (tertiary/aromatic N) is 1. The third kappa shape index (κ3) is 4.67. The second-order valence-corrected chi connectivity index (χ2v) is 5.48. The predicted molar refractivity (Wildman–Crippen MR) is 94.8 cm³/mol. The summed E-state index contributed by atoms with van der Waals surface area (Å²) in [6.45, 7) is 0.183. The Morgan fingerprint density at radius 3 is 2.58 bits per heavy atom. The maximum Gasteiger partial charge on any atom is 0.304 e. The third-order valence-electron chi connectivity index (χ3n) is 3.54. The largest absolute Gasteiger partial charge is 0.481 e. The van der Waals surface area contributed by atoms with Crippen molar-refractivity contribution in [1.29, 1.82) is 0 Å². The number of nitro groups is 1. The number of nitrogens with two attached hydrogens (primary N) is 1. The lowest BCUT2D eigenvalue weighted by Gasteiger charge is -2.15. The molecule has 0 unspecified atom stereocenters. The van der Waals surface area contributed by atoms with Crippen LogP contribution in [0.15, 0.2) is 42.5 Å². The van der Waals surface area contributed by atoms with E-state index >= 15 is 0 Å². The van der Waals surface area contributed by atoms with Crippen molar-refractivity contribution in [1.82, 2.24) is 0 Å². The van der Waals surface area contributed by atoms with Gasteiger partial charge in [-0.1, -0.05) is 29.8 Å². The molecule has 3 N–H and O–H groups in total. The summed E-state index contributed by atoms with van der Waals surface area (Å²) in [6.07, 6.45) is -0.0908. The van der Waals surface area contributed by atoms with E-state index in [1.165, 1.54) is 12.1 Å². The van der Waals surface area contributed by atoms with Gasteiger partial charge in [-0.2, -0.15) is 0 Å². The van der Waals surface area contributed by atoms with Gasteiger partial charge in [0, 0.05) is 28.6 Å². The van der Waals surface area contributed by atoms with Crippen LogP contribution in [0.3, 0.4) is 0 Å². The summed E-state index contributed by atoms with van der Waals surface area (Å²) in [6, 6.07) is 11.2. The molecule has 2 rings (SSSR count). The smallest absolute Gasteiger partial charge is 0.304 e. The molecule has 24 heavy (non-hydrogen) atoms. The fourth-order valence-corrected chi connectivity index (χ4v) is 2.58. The van der Waals surface area contributed by atoms with Crippen LogP contribution in [0.4, 0.5) is 5.69 Å². The van der Waals surface area contributed by atoms with Crippen LogP contribution in [0.1, 0.15) is 17.9 Å². The number of rotatable bonds is 6. The minimum atomic E-state index is -0.938. The van der Waals surface area contributed by atoms with Crippen molar-refractivity contribution in [3.05, 3.63) is 63.2 Å². The Labute approximate surface area is 149 Å². The van der Waals surface area contributed by atoms with Crippen molar-refractivity contribution in [2.45, 2.75) is 12.3 Å². The van der Waals surface area contributed by atoms with Crippen LogP contribution in [-0.4, -0.2) is 22.5 Å². The van der Waals surface area contributed by atoms with Crippen LogP contribution in [0.5, 0.6) is 0 Å². The molecule has 0 bridgehead atoms. The SMILES string of the molecule is Cl.NC[C@H](CC(=O)O)c1ccc(Cl)c(-c2cccc([N+](=O)[O-])c2)c1. The van der Waals surface area contributed by atoms with Crippen molar-refractivity contribution in [3.8, 4) is 11.1 Å². The van der Waals surface area contributed by atoms with E-state index in [4.69, 9.17) is 22.4 Å². The van der Waals surface area contributed by atoms with Crippen LogP contribution in [0, 0.1) is 10.1 Å². The number of benzene rings is 2. The number of aliphatic carboxylic acids is 1. The molecule has 0 saturated heterocycles. The maximum atomic E-state index is 10.9. The monoisotopic (exact) mass is 370 g/mol. The van der Waals surface area contributed by atoms with Gasteiger partial charge in [0.1, 0.15) is 0 Å². The summed E-state index contributed by atoms with van der Waals surface area (Å²) in [5, 5.41) is 20.3. The van der Waals surface area contributed by atoms with Gasteiger partial charge in [0.15, 0.2) is 0 Å². The van der Waals surface area contributed by atoms with Gasteiger partial charge in [-0.05, 0) is 29.8 Å². The fraction of sp³-hybridized carbons (Fsp3) is 0.188. The number of hydrogen-bond donors (Lipinski definition) is 2. The molecule has 0 aromatic heterocycles. The topological polar surface area (TPSA) is 106 Å². The Bertz CT molecular complexity index is 753. The number of hydrogen-bond acceptors (Lipinski definition) is 4. The summed E-state index contributed by atoms with van der Waals surface area (Å²) >= 11 is 6.20. The van der Waals surface area contributed by atoms with Gasteiger partial charge >= 0.3 is 5.97 Å². The Hall–Kier alpha value is -2.15. The number of halogens is 2. The summed E-state index contributed by atoms with van der Waals surface area (Å²) in [4.78, 5) is 21.4. The van der Waals surface area contributed by atoms with Crippen molar-refractivity contribution >= 4 is 35.7 Å². The number of carbonyl (C=O) groups is 1. The quantitative estimate of drug-likeness (QED) is 0.592. The number of nitro benzene ring substituents is 1. The zero-order valence-corrected chi connectivity index (χ0v) is 14.1. The van der Waals surface area contributed by atoms with Gasteiger partial charge in [0.2, 0.25) is 0 Å². The van der Waals surface area contributed by atoms with E-state index < -0.39 is 10.9 Å². The van der Waals surface area contributed by atoms with Crippen molar-refractivity contribution in [3.63, 3.8) is 0 Å². The summed E-state index contributed by atoms with van der Waals surface area (Å²) < 4.78 is 0. The van der Waals surface area contributed by atoms with Crippen molar-refractivity contribution < 1.29 is 14.8 Å². The van der Waals surface area contributed by atoms with E-state index in [1.54, 1.807) is 30.3 Å². The minimum absolute atomic E-state index is 0. The van der Waals surface area contributed by atoms with Gasteiger partial charge in [-0.3, -0.25) is 14.9 Å². The summed E-state index contributed by atoms with van der Waals surface area (Å²) in [7, 11) is 0. The number of non-ortho nitro benzene ring substituents is 1. The Balaban J connectivity index is 0.00000288. The third-order valence-corrected chi connectivity index (χ3v) is 3.86. The first-order chi connectivity index (χ1) is 10.9. The van der Waals surface area contributed by atoms with Crippen molar-refractivity contribution in [2.24, 2.45) is 5.73 Å². The van der Waals surface area contributed by atoms with E-state index in [9.17, 15) is 14.9 Å². The number of carboxylic acids is 1. The first-order valence-electron chi connectivity index (χ1n) is 6.88. The molecule has 0 aliphatic rings. The van der Waals surface area contributed by atoms with Gasteiger partial charge in [-0.15, -0.1) is 12.4 Å². The van der Waals surface area contributed by atoms with Crippen molar-refractivity contribution in [2.75, 3.05) is 6.54 Å². The molecule has 0 aliphatic heterocycles. The van der Waals surface area contributed by atoms with E-state index in [-0.39, 0.29) is 37.0 Å². The predicted octanol–water partition coefficient (Wildman–Crippen LogP) is 3.85. The van der Waals surface area contributed by atoms with Crippen LogP contribution < -0.4 is 5.73 Å². The highest BCUT2D eigenvalue weighted by Crippen LogP contribution is 2.33. The lowest BCUT2D eigenvalue weighted by molar-refractivity contribution is -0.384. The normalized spacial score (nSPS) is 11.4. The van der Waals surface area contributed by atoms with Gasteiger partial charge < -0.3 is 10.8 Å². The van der Waals surface area contributed by atoms with Crippen LogP contribution in [0.2, 0.25) is 5.02 Å². The highest BCUT2D eigenvalue weighted by Gasteiger charge is 2.17. The second-order valence-electron chi connectivity index (χ2n) is 5.08. The van der Waals surface area contributed by atoms with E-state index in [1.807, 2.05) is 0 Å². The zero-order valence-electron chi connectivity index (χ0n) is 12.5. The first kappa shape index (κ1) is 19.9. The molecular formula is C16H16Cl2N2O4. The standard InChI is InChI=1S/C16H15ClN2O4.ClH/c17-15-5-4-10(12(9-18)8-16(20)21)7-14(15)11-2-1-3-13(6-11)19(22)23;/h1-7,12H,8-9,18H2,(H,20,21);1H/t12-;/m0./s1. The lowest BCUT2D eigenvalue weighted by atomic mass is 9.92. The molecular weight excluding hydrogens is 355 g/mol. The maximum absolute atomic E-state index is 10.9. The molecule has 0 saturated carbocycles. The first-order valence-corrected chi connectivity index (χ1v) is 7.26. The minimum Gasteiger partial charge on any atom is -0.481 e. The number of carboxylic acid groups (broad SMARTS) is 1. The molecule has 0 fully saturated rings. The lowest BCUT2D eigenvalue weighted by Crippen LogP contribution is -2.16. The second kappa shape index (κ2) is 8.63. The molecule has 0 amide bonds. The zero-order chi connectivity index (χ0) is 17.0. The molecule has 8 heteroatoms. The Morgan fingerprint density at radius 2 is 2.00 bits per heavy atom. The molecule has 0 heterocycles. The summed E-state index contributed by atoms with van der Waals surface area (Å²) in [5.41, 5.74) is 7.56. The molecule has 0 radical (unpaired) electrons. The molecule has 2 aromatic rings. The highest BCUT2D eigenvalue weighted by atomic mass is 35.5. The van der Waals surface area contributed by atoms with Crippen LogP contribution in [0.25, 0.3) is 11.1 Å². The van der Waals surface area contributed by atoms with Crippen LogP contribution in [-0.2, 0) is 4.79 Å². The molecule has 1 atom stereocenters. The molecule has 128 valence electrons.